The Balaban J connectivity index is 1.97. The van der Waals surface area contributed by atoms with Crippen LogP contribution < -0.4 is 19.8 Å². The molecule has 0 saturated carbocycles. The van der Waals surface area contributed by atoms with Crippen LogP contribution in [0.4, 0.5) is 0 Å². The second-order valence-corrected chi connectivity index (χ2v) is 9.19. The molecular formula is C19H18NO3PS. The van der Waals surface area contributed by atoms with Crippen molar-refractivity contribution in [1.29, 1.82) is 0 Å². The van der Waals surface area contributed by atoms with E-state index in [1.54, 1.807) is 31.4 Å². The number of hydrogen-bond donors (Lipinski definition) is 1. The van der Waals surface area contributed by atoms with Crippen LogP contribution in [0, 0.1) is 0 Å². The van der Waals surface area contributed by atoms with Gasteiger partial charge in [-0.3, -0.25) is 0 Å². The highest BCUT2D eigenvalue weighted by Gasteiger charge is 2.22. The summed E-state index contributed by atoms with van der Waals surface area (Å²) in [6.45, 7) is 0. The summed E-state index contributed by atoms with van der Waals surface area (Å²) in [5, 5.41) is 1.89. The lowest BCUT2D eigenvalue weighted by Gasteiger charge is -2.20. The highest BCUT2D eigenvalue weighted by molar-refractivity contribution is 7.97. The number of methoxy groups -OCH3 is 1. The summed E-state index contributed by atoms with van der Waals surface area (Å²) in [6, 6.07) is 25.6. The van der Waals surface area contributed by atoms with Gasteiger partial charge in [-0.15, -0.1) is 0 Å². The molecule has 0 atom stereocenters. The molecule has 4 nitrogen and oxygen atoms in total. The van der Waals surface area contributed by atoms with Crippen molar-refractivity contribution in [2.75, 3.05) is 7.11 Å². The van der Waals surface area contributed by atoms with Crippen LogP contribution in [0.1, 0.15) is 0 Å². The van der Waals surface area contributed by atoms with E-state index < -0.39 is 18.1 Å². The SMILES string of the molecule is COc1ccc(S(=O)(=O)NP(c2ccccc2)c2ccccc2)cc1. The van der Waals surface area contributed by atoms with Crippen molar-refractivity contribution in [3.05, 3.63) is 84.9 Å². The predicted molar refractivity (Wildman–Crippen MR) is 102 cm³/mol. The average molecular weight is 371 g/mol. The maximum Gasteiger partial charge on any atom is 0.244 e. The average Bonchev–Trinajstić information content (AvgIpc) is 2.67. The number of benzene rings is 3. The van der Waals surface area contributed by atoms with Crippen molar-refractivity contribution >= 4 is 28.7 Å². The first-order valence-electron chi connectivity index (χ1n) is 7.67. The van der Waals surface area contributed by atoms with Crippen LogP contribution in [0.15, 0.2) is 89.8 Å². The van der Waals surface area contributed by atoms with E-state index >= 15 is 0 Å². The second-order valence-electron chi connectivity index (χ2n) is 5.28. The predicted octanol–water partition coefficient (Wildman–Crippen LogP) is 3.02. The van der Waals surface area contributed by atoms with Gasteiger partial charge in [0, 0.05) is 8.07 Å². The van der Waals surface area contributed by atoms with Crippen molar-refractivity contribution in [3.63, 3.8) is 0 Å². The molecule has 0 aromatic heterocycles. The largest absolute Gasteiger partial charge is 0.497 e. The summed E-state index contributed by atoms with van der Waals surface area (Å²) >= 11 is 0. The van der Waals surface area contributed by atoms with E-state index in [0.717, 1.165) is 10.6 Å². The van der Waals surface area contributed by atoms with Crippen molar-refractivity contribution in [1.82, 2.24) is 4.49 Å². The molecule has 1 N–H and O–H groups in total. The lowest BCUT2D eigenvalue weighted by molar-refractivity contribution is 0.414. The number of nitrogens with one attached hydrogen (secondary N) is 1. The van der Waals surface area contributed by atoms with Crippen LogP contribution in [-0.4, -0.2) is 15.5 Å². The molecule has 0 aliphatic carbocycles. The van der Waals surface area contributed by atoms with Crippen molar-refractivity contribution in [2.24, 2.45) is 0 Å². The summed E-state index contributed by atoms with van der Waals surface area (Å²) < 4.78 is 33.7. The molecule has 0 fully saturated rings. The minimum atomic E-state index is -3.66. The van der Waals surface area contributed by atoms with E-state index in [1.807, 2.05) is 60.7 Å². The van der Waals surface area contributed by atoms with E-state index in [2.05, 4.69) is 4.49 Å². The Hall–Kier alpha value is -2.20. The number of rotatable bonds is 6. The van der Waals surface area contributed by atoms with Crippen molar-refractivity contribution in [2.45, 2.75) is 4.90 Å². The molecule has 0 saturated heterocycles. The van der Waals surface area contributed by atoms with Gasteiger partial charge >= 0.3 is 0 Å². The Morgan fingerprint density at radius 1 is 0.760 bits per heavy atom. The van der Waals surface area contributed by atoms with E-state index in [1.165, 1.54) is 0 Å². The van der Waals surface area contributed by atoms with E-state index in [4.69, 9.17) is 4.74 Å². The van der Waals surface area contributed by atoms with Crippen molar-refractivity contribution < 1.29 is 13.2 Å². The van der Waals surface area contributed by atoms with Gasteiger partial charge in [0.15, 0.2) is 0 Å². The van der Waals surface area contributed by atoms with Gasteiger partial charge in [-0.05, 0) is 34.9 Å². The molecule has 0 heterocycles. The summed E-state index contributed by atoms with van der Waals surface area (Å²) in [4.78, 5) is 0.215. The van der Waals surface area contributed by atoms with Crippen LogP contribution in [-0.2, 0) is 10.0 Å². The molecule has 6 heteroatoms. The maximum absolute atomic E-state index is 12.9. The summed E-state index contributed by atoms with van der Waals surface area (Å²) in [5.74, 6) is 0.618. The van der Waals surface area contributed by atoms with E-state index in [-0.39, 0.29) is 4.90 Å². The Morgan fingerprint density at radius 3 is 1.68 bits per heavy atom. The highest BCUT2D eigenvalue weighted by Crippen LogP contribution is 2.31. The standard InChI is InChI=1S/C19H18NO3PS/c1-23-16-12-14-19(15-13-16)25(21,22)20-24(17-8-4-2-5-9-17)18-10-6-3-7-11-18/h2-15,20H,1H3. The molecule has 0 bridgehead atoms. The lowest BCUT2D eigenvalue weighted by atomic mass is 10.3. The Labute approximate surface area is 149 Å². The van der Waals surface area contributed by atoms with Gasteiger partial charge in [0.05, 0.1) is 12.0 Å². The Kier molecular flexibility index (Phi) is 5.49. The quantitative estimate of drug-likeness (QED) is 0.678. The molecule has 0 aliphatic heterocycles. The number of ether oxygens (including phenoxy) is 1. The zero-order valence-corrected chi connectivity index (χ0v) is 15.4. The summed E-state index contributed by atoms with van der Waals surface area (Å²) in [7, 11) is -3.35. The molecular weight excluding hydrogens is 353 g/mol. The summed E-state index contributed by atoms with van der Waals surface area (Å²) in [5.41, 5.74) is 0. The van der Waals surface area contributed by atoms with Crippen molar-refractivity contribution in [3.8, 4) is 5.75 Å². The van der Waals surface area contributed by atoms with Gasteiger partial charge < -0.3 is 4.74 Å². The highest BCUT2D eigenvalue weighted by atomic mass is 32.2. The molecule has 0 amide bonds. The van der Waals surface area contributed by atoms with Gasteiger partial charge in [-0.25, -0.2) is 8.42 Å². The monoisotopic (exact) mass is 371 g/mol. The minimum Gasteiger partial charge on any atom is -0.497 e. The van der Waals surface area contributed by atoms with E-state index in [0.29, 0.717) is 5.75 Å². The molecule has 3 rings (SSSR count). The normalized spacial score (nSPS) is 11.4. The fourth-order valence-electron chi connectivity index (χ4n) is 2.34. The first-order valence-corrected chi connectivity index (χ1v) is 10.5. The maximum atomic E-state index is 12.9. The van der Waals surface area contributed by atoms with Crippen LogP contribution >= 0.6 is 8.07 Å². The van der Waals surface area contributed by atoms with Gasteiger partial charge in [-0.1, -0.05) is 60.7 Å². The third-order valence-electron chi connectivity index (χ3n) is 3.61. The first-order chi connectivity index (χ1) is 12.1. The minimum absolute atomic E-state index is 0.215. The fourth-order valence-corrected chi connectivity index (χ4v) is 6.30. The van der Waals surface area contributed by atoms with Crippen LogP contribution in [0.25, 0.3) is 0 Å². The van der Waals surface area contributed by atoms with Gasteiger partial charge in [-0.2, -0.15) is 4.49 Å². The zero-order valence-electron chi connectivity index (χ0n) is 13.7. The Morgan fingerprint density at radius 2 is 1.24 bits per heavy atom. The molecule has 3 aromatic rings. The van der Waals surface area contributed by atoms with Gasteiger partial charge in [0.2, 0.25) is 10.0 Å². The summed E-state index contributed by atoms with van der Waals surface area (Å²) in [6.07, 6.45) is 0. The van der Waals surface area contributed by atoms with E-state index in [9.17, 15) is 8.42 Å². The smallest absolute Gasteiger partial charge is 0.244 e. The molecule has 0 aliphatic rings. The number of hydrogen-bond acceptors (Lipinski definition) is 3. The topological polar surface area (TPSA) is 55.4 Å². The van der Waals surface area contributed by atoms with Crippen LogP contribution in [0.3, 0.4) is 0 Å². The second kappa shape index (κ2) is 7.79. The number of sulfonamides is 1. The third kappa shape index (κ3) is 4.26. The molecule has 0 radical (unpaired) electrons. The zero-order chi connectivity index (χ0) is 17.7. The first kappa shape index (κ1) is 17.6. The molecule has 0 spiro atoms. The molecule has 128 valence electrons. The van der Waals surface area contributed by atoms with Gasteiger partial charge in [0.25, 0.3) is 0 Å². The fraction of sp³-hybridized carbons (Fsp3) is 0.0526. The lowest BCUT2D eigenvalue weighted by Crippen LogP contribution is -2.28. The molecule has 0 unspecified atom stereocenters. The Bertz CT molecular complexity index is 874. The van der Waals surface area contributed by atoms with Crippen LogP contribution in [0.5, 0.6) is 5.75 Å². The molecule has 3 aromatic carbocycles. The third-order valence-corrected chi connectivity index (χ3v) is 7.82. The molecule has 25 heavy (non-hydrogen) atoms. The van der Waals surface area contributed by atoms with Gasteiger partial charge in [0.1, 0.15) is 5.75 Å². The van der Waals surface area contributed by atoms with Crippen LogP contribution in [0.2, 0.25) is 0 Å².